The molecule has 3 heterocycles. The number of halogens is 3. The first kappa shape index (κ1) is 17.6. The highest BCUT2D eigenvalue weighted by atomic mass is 19.3. The van der Waals surface area contributed by atoms with Crippen molar-refractivity contribution in [2.75, 3.05) is 30.7 Å². The third-order valence-electron chi connectivity index (χ3n) is 4.07. The van der Waals surface area contributed by atoms with E-state index >= 15 is 0 Å². The minimum Gasteiger partial charge on any atom is -0.378 e. The van der Waals surface area contributed by atoms with E-state index in [1.807, 2.05) is 30.1 Å². The predicted molar refractivity (Wildman–Crippen MR) is 93.9 cm³/mol. The van der Waals surface area contributed by atoms with Crippen molar-refractivity contribution in [3.8, 4) is 5.69 Å². The first-order valence-corrected chi connectivity index (χ1v) is 7.64. The molecule has 0 radical (unpaired) electrons. The number of fused-ring (bicyclic) bond motifs is 2. The summed E-state index contributed by atoms with van der Waals surface area (Å²) in [6.07, 6.45) is 2.94. The Morgan fingerprint density at radius 1 is 1.31 bits per heavy atom. The lowest BCUT2D eigenvalue weighted by Crippen LogP contribution is -2.28. The number of nitrogens with zero attached hydrogens (tertiary/aromatic N) is 4. The molecule has 0 saturated carbocycles. The van der Waals surface area contributed by atoms with Crippen LogP contribution in [0.25, 0.3) is 11.5 Å². The monoisotopic (exact) mass is 363 g/mol. The molecule has 0 unspecified atom stereocenters. The van der Waals surface area contributed by atoms with E-state index in [4.69, 9.17) is 0 Å². The lowest BCUT2D eigenvalue weighted by Gasteiger charge is -2.31. The van der Waals surface area contributed by atoms with Gasteiger partial charge < -0.3 is 10.2 Å². The number of likely N-dealkylation sites (N-methyl/N-ethyl adjacent to an activating group) is 1. The Morgan fingerprint density at radius 2 is 2.04 bits per heavy atom. The number of benzene rings is 1. The third-order valence-corrected chi connectivity index (χ3v) is 4.07. The quantitative estimate of drug-likeness (QED) is 0.676. The fourth-order valence-corrected chi connectivity index (χ4v) is 2.78. The van der Waals surface area contributed by atoms with Gasteiger partial charge in [0.05, 0.1) is 29.7 Å². The molecule has 0 spiro atoms. The molecule has 1 aliphatic heterocycles. The van der Waals surface area contributed by atoms with Crippen LogP contribution in [-0.2, 0) is 0 Å². The van der Waals surface area contributed by atoms with Crippen LogP contribution in [-0.4, -0.2) is 34.5 Å². The number of imidazole rings is 1. The summed E-state index contributed by atoms with van der Waals surface area (Å²) in [5.74, 6) is -0.399. The summed E-state index contributed by atoms with van der Waals surface area (Å²) in [4.78, 5) is 18.4. The number of hydrogen-bond acceptors (Lipinski definition) is 4. The van der Waals surface area contributed by atoms with Crippen LogP contribution in [0.15, 0.2) is 53.7 Å². The number of alkyl halides is 2. The van der Waals surface area contributed by atoms with E-state index in [9.17, 15) is 18.0 Å². The molecule has 4 rings (SSSR count). The molecule has 2 aromatic heterocycles. The van der Waals surface area contributed by atoms with Crippen molar-refractivity contribution in [2.45, 2.75) is 0 Å². The standard InChI is InChI=1S/C16H14FN5O.CH2F2/c1-10-9-19-12-4-3-11(7-13(12)20(10)2)22-15(23)8-14(17)21-6-5-18-16(21)22;2-1-3/h3-8,19H,1,9H2,2H3;1H2. The maximum absolute atomic E-state index is 13.8. The van der Waals surface area contributed by atoms with E-state index in [-0.39, 0.29) is 5.78 Å². The molecule has 1 aromatic carbocycles. The second-order valence-corrected chi connectivity index (χ2v) is 5.52. The smallest absolute Gasteiger partial charge is 0.262 e. The maximum Gasteiger partial charge on any atom is 0.262 e. The van der Waals surface area contributed by atoms with Crippen molar-refractivity contribution >= 4 is 17.2 Å². The van der Waals surface area contributed by atoms with Crippen molar-refractivity contribution in [2.24, 2.45) is 0 Å². The van der Waals surface area contributed by atoms with Gasteiger partial charge in [0.2, 0.25) is 18.7 Å². The van der Waals surface area contributed by atoms with Gasteiger partial charge in [0.15, 0.2) is 0 Å². The van der Waals surface area contributed by atoms with Crippen LogP contribution < -0.4 is 15.8 Å². The zero-order valence-corrected chi connectivity index (χ0v) is 13.9. The molecule has 6 nitrogen and oxygen atoms in total. The topological polar surface area (TPSA) is 54.6 Å². The van der Waals surface area contributed by atoms with E-state index in [2.05, 4.69) is 16.9 Å². The van der Waals surface area contributed by atoms with Crippen molar-refractivity contribution in [1.29, 1.82) is 0 Å². The van der Waals surface area contributed by atoms with Gasteiger partial charge in [-0.2, -0.15) is 4.39 Å². The van der Waals surface area contributed by atoms with Gasteiger partial charge in [-0.15, -0.1) is 0 Å². The van der Waals surface area contributed by atoms with Gasteiger partial charge in [0, 0.05) is 25.1 Å². The second kappa shape index (κ2) is 6.95. The predicted octanol–water partition coefficient (Wildman–Crippen LogP) is 2.88. The van der Waals surface area contributed by atoms with Crippen LogP contribution in [0.4, 0.5) is 24.5 Å². The van der Waals surface area contributed by atoms with E-state index < -0.39 is 18.4 Å². The number of rotatable bonds is 1. The Morgan fingerprint density at radius 3 is 2.77 bits per heavy atom. The molecule has 1 N–H and O–H groups in total. The summed E-state index contributed by atoms with van der Waals surface area (Å²) in [5.41, 5.74) is 2.93. The average molecular weight is 363 g/mol. The van der Waals surface area contributed by atoms with Gasteiger partial charge in [-0.05, 0) is 18.2 Å². The number of nitrogens with one attached hydrogen (secondary N) is 1. The average Bonchev–Trinajstić information content (AvgIpc) is 3.09. The van der Waals surface area contributed by atoms with Crippen molar-refractivity contribution in [1.82, 2.24) is 14.0 Å². The highest BCUT2D eigenvalue weighted by Crippen LogP contribution is 2.33. The molecule has 0 saturated heterocycles. The lowest BCUT2D eigenvalue weighted by atomic mass is 10.1. The SMILES string of the molecule is C=C1CNc2ccc(-n3c(=O)cc(F)n4ccnc34)cc2N1C.FCF. The summed E-state index contributed by atoms with van der Waals surface area (Å²) in [7, 11) is 1.92. The molecular formula is C17H16F3N5O. The molecule has 1 aliphatic rings. The largest absolute Gasteiger partial charge is 0.378 e. The molecule has 136 valence electrons. The molecule has 0 bridgehead atoms. The Kier molecular flexibility index (Phi) is 4.70. The fraction of sp³-hybridized carbons (Fsp3) is 0.176. The summed E-state index contributed by atoms with van der Waals surface area (Å²) in [6.45, 7) is 2.92. The number of aromatic nitrogens is 3. The highest BCUT2D eigenvalue weighted by Gasteiger charge is 2.18. The molecule has 0 amide bonds. The summed E-state index contributed by atoms with van der Waals surface area (Å²) in [5, 5.41) is 3.27. The van der Waals surface area contributed by atoms with Crippen LogP contribution in [0.1, 0.15) is 0 Å². The van der Waals surface area contributed by atoms with Crippen molar-refractivity contribution in [3.63, 3.8) is 0 Å². The third kappa shape index (κ3) is 2.92. The maximum atomic E-state index is 13.8. The van der Waals surface area contributed by atoms with Gasteiger partial charge in [-0.1, -0.05) is 6.58 Å². The Balaban J connectivity index is 0.000000613. The molecular weight excluding hydrogens is 347 g/mol. The molecule has 0 fully saturated rings. The van der Waals surface area contributed by atoms with Crippen LogP contribution in [0.3, 0.4) is 0 Å². The zero-order chi connectivity index (χ0) is 18.8. The number of anilines is 2. The van der Waals surface area contributed by atoms with Gasteiger partial charge in [-0.3, -0.25) is 9.20 Å². The molecule has 0 atom stereocenters. The number of hydrogen-bond donors (Lipinski definition) is 1. The van der Waals surface area contributed by atoms with Crippen LogP contribution in [0.2, 0.25) is 0 Å². The van der Waals surface area contributed by atoms with Gasteiger partial charge >= 0.3 is 0 Å². The van der Waals surface area contributed by atoms with E-state index in [1.54, 1.807) is 0 Å². The lowest BCUT2D eigenvalue weighted by molar-refractivity contribution is 0.295. The molecule has 0 aliphatic carbocycles. The van der Waals surface area contributed by atoms with Crippen LogP contribution >= 0.6 is 0 Å². The van der Waals surface area contributed by atoms with E-state index in [0.717, 1.165) is 23.1 Å². The van der Waals surface area contributed by atoms with Crippen LogP contribution in [0, 0.1) is 5.95 Å². The van der Waals surface area contributed by atoms with Gasteiger partial charge in [0.1, 0.15) is 0 Å². The van der Waals surface area contributed by atoms with Gasteiger partial charge in [-0.25, -0.2) is 18.3 Å². The van der Waals surface area contributed by atoms with E-state index in [0.29, 0.717) is 12.2 Å². The zero-order valence-electron chi connectivity index (χ0n) is 13.9. The molecule has 3 aromatic rings. The normalized spacial score (nSPS) is 13.1. The first-order valence-electron chi connectivity index (χ1n) is 7.64. The molecule has 26 heavy (non-hydrogen) atoms. The van der Waals surface area contributed by atoms with Crippen molar-refractivity contribution < 1.29 is 13.2 Å². The Bertz CT molecular complexity index is 1030. The van der Waals surface area contributed by atoms with Crippen molar-refractivity contribution in [3.05, 3.63) is 65.2 Å². The fourth-order valence-electron chi connectivity index (χ4n) is 2.78. The first-order chi connectivity index (χ1) is 12.5. The molecule has 9 heteroatoms. The summed E-state index contributed by atoms with van der Waals surface area (Å²) in [6, 6.07) is 6.51. The Labute approximate surface area is 146 Å². The summed E-state index contributed by atoms with van der Waals surface area (Å²) < 4.78 is 35.7. The minimum atomic E-state index is -1.75. The Hall–Kier alpha value is -3.23. The second-order valence-electron chi connectivity index (χ2n) is 5.52. The minimum absolute atomic E-state index is 0.236. The highest BCUT2D eigenvalue weighted by molar-refractivity contribution is 5.77. The summed E-state index contributed by atoms with van der Waals surface area (Å²) >= 11 is 0. The van der Waals surface area contributed by atoms with Crippen LogP contribution in [0.5, 0.6) is 0 Å². The van der Waals surface area contributed by atoms with E-state index in [1.165, 1.54) is 21.4 Å². The van der Waals surface area contributed by atoms with Gasteiger partial charge in [0.25, 0.3) is 5.56 Å².